The first kappa shape index (κ1) is 19.5. The van der Waals surface area contributed by atoms with Gasteiger partial charge in [0.05, 0.1) is 13.2 Å². The number of methoxy groups -OCH3 is 1. The highest BCUT2D eigenvalue weighted by atomic mass is 19.4. The quantitative estimate of drug-likeness (QED) is 0.439. The van der Waals surface area contributed by atoms with Crippen molar-refractivity contribution in [2.75, 3.05) is 7.11 Å². The maximum Gasteiger partial charge on any atom is 0.573 e. The van der Waals surface area contributed by atoms with Crippen LogP contribution in [0.2, 0.25) is 0 Å². The van der Waals surface area contributed by atoms with Crippen LogP contribution in [-0.4, -0.2) is 47.7 Å². The molecule has 0 aromatic heterocycles. The van der Waals surface area contributed by atoms with E-state index < -0.39 is 36.1 Å². The summed E-state index contributed by atoms with van der Waals surface area (Å²) in [5.41, 5.74) is 0.971. The molecule has 2 atom stereocenters. The smallest absolute Gasteiger partial charge is 0.493 e. The van der Waals surface area contributed by atoms with E-state index in [0.29, 0.717) is 0 Å². The van der Waals surface area contributed by atoms with Crippen molar-refractivity contribution in [2.45, 2.75) is 25.4 Å². The Bertz CT molecular complexity index is 606. The van der Waals surface area contributed by atoms with E-state index in [-0.39, 0.29) is 11.3 Å². The van der Waals surface area contributed by atoms with Crippen LogP contribution in [0.15, 0.2) is 18.2 Å². The molecule has 1 aromatic rings. The summed E-state index contributed by atoms with van der Waals surface area (Å²) in [7, 11) is 1.12. The van der Waals surface area contributed by atoms with Crippen LogP contribution in [0.4, 0.5) is 13.2 Å². The molecule has 24 heavy (non-hydrogen) atoms. The van der Waals surface area contributed by atoms with Gasteiger partial charge in [0.25, 0.3) is 11.8 Å². The van der Waals surface area contributed by atoms with E-state index in [4.69, 9.17) is 9.94 Å². The van der Waals surface area contributed by atoms with Gasteiger partial charge in [-0.15, -0.1) is 13.2 Å². The van der Waals surface area contributed by atoms with Gasteiger partial charge in [0.1, 0.15) is 6.04 Å². The molecule has 0 radical (unpaired) electrons. The van der Waals surface area contributed by atoms with Crippen LogP contribution in [0.5, 0.6) is 11.5 Å². The molecule has 0 heterocycles. The molecule has 0 aliphatic heterocycles. The lowest BCUT2D eigenvalue weighted by molar-refractivity contribution is -0.275. The highest BCUT2D eigenvalue weighted by Crippen LogP contribution is 2.32. The van der Waals surface area contributed by atoms with Crippen LogP contribution >= 0.6 is 0 Å². The number of nitrogens with one attached hydrogen (secondary N) is 2. The van der Waals surface area contributed by atoms with Crippen molar-refractivity contribution in [1.82, 2.24) is 10.8 Å². The van der Waals surface area contributed by atoms with Crippen molar-refractivity contribution in [3.8, 4) is 11.5 Å². The Morgan fingerprint density at radius 2 is 1.88 bits per heavy atom. The maximum atomic E-state index is 12.4. The predicted octanol–water partition coefficient (Wildman–Crippen LogP) is 0.578. The van der Waals surface area contributed by atoms with Gasteiger partial charge >= 0.3 is 6.36 Å². The van der Waals surface area contributed by atoms with Crippen LogP contribution in [0.3, 0.4) is 0 Å². The van der Waals surface area contributed by atoms with E-state index in [1.165, 1.54) is 12.4 Å². The molecule has 1 aromatic carbocycles. The summed E-state index contributed by atoms with van der Waals surface area (Å²) in [5, 5.41) is 20.0. The van der Waals surface area contributed by atoms with Crippen molar-refractivity contribution in [2.24, 2.45) is 0 Å². The van der Waals surface area contributed by atoms with Gasteiger partial charge in [0.15, 0.2) is 11.5 Å². The summed E-state index contributed by atoms with van der Waals surface area (Å²) < 4.78 is 45.6. The second kappa shape index (κ2) is 7.84. The Hall–Kier alpha value is -2.53. The molecule has 134 valence electrons. The third-order valence-electron chi connectivity index (χ3n) is 2.81. The first-order valence-corrected chi connectivity index (χ1v) is 6.45. The molecular weight excluding hydrogens is 337 g/mol. The fourth-order valence-electron chi connectivity index (χ4n) is 1.72. The minimum atomic E-state index is -5.00. The van der Waals surface area contributed by atoms with E-state index in [9.17, 15) is 27.9 Å². The van der Waals surface area contributed by atoms with Gasteiger partial charge in [0, 0.05) is 5.56 Å². The molecule has 0 aliphatic rings. The number of rotatable bonds is 6. The number of carbonyl (C=O) groups is 2. The second-order valence-corrected chi connectivity index (χ2v) is 4.58. The maximum absolute atomic E-state index is 12.4. The van der Waals surface area contributed by atoms with E-state index in [1.54, 1.807) is 0 Å². The Morgan fingerprint density at radius 1 is 1.25 bits per heavy atom. The number of benzene rings is 1. The topological polar surface area (TPSA) is 117 Å². The van der Waals surface area contributed by atoms with Gasteiger partial charge in [-0.2, -0.15) is 0 Å². The van der Waals surface area contributed by atoms with E-state index in [2.05, 4.69) is 10.1 Å². The van der Waals surface area contributed by atoms with E-state index >= 15 is 0 Å². The molecular formula is C13H15F3N2O6. The molecule has 0 spiro atoms. The fraction of sp³-hybridized carbons (Fsp3) is 0.385. The third kappa shape index (κ3) is 5.28. The van der Waals surface area contributed by atoms with Crippen molar-refractivity contribution in [3.63, 3.8) is 0 Å². The molecule has 2 amide bonds. The van der Waals surface area contributed by atoms with Gasteiger partial charge in [-0.1, -0.05) is 0 Å². The van der Waals surface area contributed by atoms with E-state index in [0.717, 1.165) is 25.3 Å². The summed E-state index contributed by atoms with van der Waals surface area (Å²) in [6, 6.07) is 1.45. The number of halogens is 3. The normalized spacial score (nSPS) is 13.6. The number of ether oxygens (including phenoxy) is 2. The fourth-order valence-corrected chi connectivity index (χ4v) is 1.72. The van der Waals surface area contributed by atoms with Crippen molar-refractivity contribution < 1.29 is 42.5 Å². The largest absolute Gasteiger partial charge is 0.573 e. The average molecular weight is 352 g/mol. The molecule has 0 saturated carbocycles. The minimum absolute atomic E-state index is 0.260. The predicted molar refractivity (Wildman–Crippen MR) is 72.5 cm³/mol. The lowest BCUT2D eigenvalue weighted by Crippen LogP contribution is -2.51. The van der Waals surface area contributed by atoms with Crippen molar-refractivity contribution >= 4 is 11.8 Å². The summed E-state index contributed by atoms with van der Waals surface area (Å²) >= 11 is 0. The average Bonchev–Trinajstić information content (AvgIpc) is 2.49. The number of aliphatic hydroxyl groups excluding tert-OH is 1. The first-order valence-electron chi connectivity index (χ1n) is 6.45. The summed E-state index contributed by atoms with van der Waals surface area (Å²) in [5.74, 6) is -3.08. The summed E-state index contributed by atoms with van der Waals surface area (Å²) in [6.07, 6.45) is -6.37. The SMILES string of the molecule is COc1ccc(C(=O)NC(C(=O)NO)C(C)O)cc1OC(F)(F)F. The molecule has 0 saturated heterocycles. The number of alkyl halides is 3. The lowest BCUT2D eigenvalue weighted by atomic mass is 10.1. The van der Waals surface area contributed by atoms with Gasteiger partial charge in [-0.05, 0) is 25.1 Å². The highest BCUT2D eigenvalue weighted by molar-refractivity contribution is 5.98. The van der Waals surface area contributed by atoms with Crippen LogP contribution in [0.25, 0.3) is 0 Å². The highest BCUT2D eigenvalue weighted by Gasteiger charge is 2.33. The number of amides is 2. The molecule has 0 bridgehead atoms. The molecule has 1 rings (SSSR count). The number of hydrogen-bond acceptors (Lipinski definition) is 6. The molecule has 4 N–H and O–H groups in total. The molecule has 11 heteroatoms. The second-order valence-electron chi connectivity index (χ2n) is 4.58. The van der Waals surface area contributed by atoms with Crippen molar-refractivity contribution in [1.29, 1.82) is 0 Å². The van der Waals surface area contributed by atoms with Gasteiger partial charge in [0.2, 0.25) is 0 Å². The number of hydrogen-bond donors (Lipinski definition) is 4. The number of hydroxylamine groups is 1. The standard InChI is InChI=1S/C13H15F3N2O6/c1-6(19)10(12(21)18-22)17-11(20)7-3-4-8(23-2)9(5-7)24-13(14,15)16/h3-6,10,19,22H,1-2H3,(H,17,20)(H,18,21). The monoisotopic (exact) mass is 352 g/mol. The van der Waals surface area contributed by atoms with Crippen LogP contribution in [0, 0.1) is 0 Å². The molecule has 0 fully saturated rings. The Kier molecular flexibility index (Phi) is 6.37. The Balaban J connectivity index is 3.06. The Morgan fingerprint density at radius 3 is 2.33 bits per heavy atom. The van der Waals surface area contributed by atoms with Crippen LogP contribution < -0.4 is 20.3 Å². The van der Waals surface area contributed by atoms with Gasteiger partial charge < -0.3 is 19.9 Å². The molecule has 8 nitrogen and oxygen atoms in total. The minimum Gasteiger partial charge on any atom is -0.493 e. The van der Waals surface area contributed by atoms with Crippen LogP contribution in [-0.2, 0) is 4.79 Å². The summed E-state index contributed by atoms with van der Waals surface area (Å²) in [6.45, 7) is 1.17. The lowest BCUT2D eigenvalue weighted by Gasteiger charge is -2.19. The molecule has 2 unspecified atom stereocenters. The zero-order valence-corrected chi connectivity index (χ0v) is 12.5. The van der Waals surface area contributed by atoms with Gasteiger partial charge in [-0.25, -0.2) is 5.48 Å². The third-order valence-corrected chi connectivity index (χ3v) is 2.81. The van der Waals surface area contributed by atoms with Crippen molar-refractivity contribution in [3.05, 3.63) is 23.8 Å². The zero-order valence-electron chi connectivity index (χ0n) is 12.5. The zero-order chi connectivity index (χ0) is 18.5. The number of carbonyl (C=O) groups excluding carboxylic acids is 2. The van der Waals surface area contributed by atoms with E-state index in [1.807, 2.05) is 0 Å². The van der Waals surface area contributed by atoms with Gasteiger partial charge in [-0.3, -0.25) is 14.8 Å². The Labute approximate surface area is 134 Å². The number of aliphatic hydroxyl groups is 1. The first-order chi connectivity index (χ1) is 11.1. The summed E-state index contributed by atoms with van der Waals surface area (Å²) in [4.78, 5) is 23.4. The molecule has 0 aliphatic carbocycles. The van der Waals surface area contributed by atoms with Crippen LogP contribution in [0.1, 0.15) is 17.3 Å².